The number of nitroso groups, excluding NO2 is 1. The Morgan fingerprint density at radius 1 is 1.61 bits per heavy atom. The van der Waals surface area contributed by atoms with Crippen LogP contribution < -0.4 is 16.5 Å². The van der Waals surface area contributed by atoms with E-state index in [1.54, 1.807) is 0 Å². The number of benzene rings is 1. The molecule has 0 radical (unpaired) electrons. The second kappa shape index (κ2) is 4.88. The molecule has 0 aliphatic carbocycles. The minimum absolute atomic E-state index is 0.0368. The molecule has 2 rings (SSSR count). The van der Waals surface area contributed by atoms with Gasteiger partial charge in [-0.1, -0.05) is 11.6 Å². The SMILES string of the molecule is NC1=NONC1=C(N=O)Nc1ccc(F)c(Cl)c1. The third-order valence-corrected chi connectivity index (χ3v) is 2.35. The zero-order chi connectivity index (χ0) is 13.1. The molecule has 1 aromatic carbocycles. The van der Waals surface area contributed by atoms with Crippen molar-refractivity contribution in [2.24, 2.45) is 16.1 Å². The molecule has 0 amide bonds. The van der Waals surface area contributed by atoms with Gasteiger partial charge in [0.2, 0.25) is 5.82 Å². The third-order valence-electron chi connectivity index (χ3n) is 2.06. The number of nitrogens with one attached hydrogen (secondary N) is 2. The second-order valence-corrected chi connectivity index (χ2v) is 3.65. The minimum atomic E-state index is -0.570. The average Bonchev–Trinajstić information content (AvgIpc) is 2.77. The van der Waals surface area contributed by atoms with Crippen LogP contribution in [0.25, 0.3) is 0 Å². The fraction of sp³-hybridized carbons (Fsp3) is 0. The average molecular weight is 272 g/mol. The molecule has 7 nitrogen and oxygen atoms in total. The molecule has 0 unspecified atom stereocenters. The van der Waals surface area contributed by atoms with E-state index in [1.807, 2.05) is 0 Å². The van der Waals surface area contributed by atoms with Crippen molar-refractivity contribution in [1.82, 2.24) is 5.48 Å². The van der Waals surface area contributed by atoms with Crippen molar-refractivity contribution in [2.75, 3.05) is 5.32 Å². The summed E-state index contributed by atoms with van der Waals surface area (Å²) in [5.41, 5.74) is 8.19. The summed E-state index contributed by atoms with van der Waals surface area (Å²) in [6, 6.07) is 3.83. The lowest BCUT2D eigenvalue weighted by Gasteiger charge is -2.07. The predicted octanol–water partition coefficient (Wildman–Crippen LogP) is 1.63. The summed E-state index contributed by atoms with van der Waals surface area (Å²) in [5, 5.41) is 8.63. The van der Waals surface area contributed by atoms with Gasteiger partial charge in [0.15, 0.2) is 11.5 Å². The molecule has 0 bridgehead atoms. The summed E-state index contributed by atoms with van der Waals surface area (Å²) in [5.74, 6) is -0.763. The Labute approximate surface area is 105 Å². The molecule has 4 N–H and O–H groups in total. The van der Waals surface area contributed by atoms with E-state index in [-0.39, 0.29) is 22.4 Å². The highest BCUT2D eigenvalue weighted by Crippen LogP contribution is 2.21. The van der Waals surface area contributed by atoms with Crippen LogP contribution >= 0.6 is 11.6 Å². The lowest BCUT2D eigenvalue weighted by molar-refractivity contribution is 0.0899. The van der Waals surface area contributed by atoms with Gasteiger partial charge in [-0.05, 0) is 28.5 Å². The van der Waals surface area contributed by atoms with Gasteiger partial charge < -0.3 is 11.1 Å². The van der Waals surface area contributed by atoms with Crippen LogP contribution in [-0.2, 0) is 4.94 Å². The van der Waals surface area contributed by atoms with Gasteiger partial charge in [0.05, 0.1) is 5.02 Å². The predicted molar refractivity (Wildman–Crippen MR) is 63.7 cm³/mol. The molecule has 0 saturated carbocycles. The maximum absolute atomic E-state index is 13.0. The van der Waals surface area contributed by atoms with E-state index < -0.39 is 5.82 Å². The molecule has 0 saturated heterocycles. The highest BCUT2D eigenvalue weighted by atomic mass is 35.5. The number of anilines is 1. The third kappa shape index (κ3) is 2.33. The highest BCUT2D eigenvalue weighted by Gasteiger charge is 2.18. The van der Waals surface area contributed by atoms with E-state index in [0.29, 0.717) is 5.69 Å². The van der Waals surface area contributed by atoms with Crippen molar-refractivity contribution < 1.29 is 9.33 Å². The number of nitrogens with zero attached hydrogens (tertiary/aromatic N) is 2. The number of oxime groups is 1. The van der Waals surface area contributed by atoms with Crippen LogP contribution in [0.2, 0.25) is 5.02 Å². The molecular formula is C9H7ClFN5O2. The van der Waals surface area contributed by atoms with Crippen LogP contribution in [-0.4, -0.2) is 5.84 Å². The number of amidine groups is 1. The fourth-order valence-corrected chi connectivity index (χ4v) is 1.41. The highest BCUT2D eigenvalue weighted by molar-refractivity contribution is 6.31. The molecule has 1 aliphatic rings. The van der Waals surface area contributed by atoms with Crippen molar-refractivity contribution in [3.63, 3.8) is 0 Å². The van der Waals surface area contributed by atoms with E-state index in [4.69, 9.17) is 17.3 Å². The summed E-state index contributed by atoms with van der Waals surface area (Å²) < 4.78 is 13.0. The topological polar surface area (TPSA) is 101 Å². The number of rotatable bonds is 3. The fourth-order valence-electron chi connectivity index (χ4n) is 1.23. The Hall–Kier alpha value is -2.35. The zero-order valence-corrected chi connectivity index (χ0v) is 9.53. The van der Waals surface area contributed by atoms with E-state index in [1.165, 1.54) is 12.1 Å². The quantitative estimate of drug-likeness (QED) is 0.725. The van der Waals surface area contributed by atoms with Gasteiger partial charge in [0.1, 0.15) is 5.82 Å². The summed E-state index contributed by atoms with van der Waals surface area (Å²) in [4.78, 5) is 15.2. The largest absolute Gasteiger partial charge is 0.379 e. The van der Waals surface area contributed by atoms with Gasteiger partial charge in [0, 0.05) is 5.69 Å². The van der Waals surface area contributed by atoms with Gasteiger partial charge in [-0.25, -0.2) is 4.39 Å². The van der Waals surface area contributed by atoms with Gasteiger partial charge in [-0.3, -0.25) is 4.94 Å². The smallest absolute Gasteiger partial charge is 0.205 e. The summed E-state index contributed by atoms with van der Waals surface area (Å²) in [7, 11) is 0. The molecule has 1 aliphatic heterocycles. The van der Waals surface area contributed by atoms with Crippen molar-refractivity contribution in [3.05, 3.63) is 45.5 Å². The Morgan fingerprint density at radius 3 is 2.94 bits per heavy atom. The number of nitrogens with two attached hydrogens (primary N) is 1. The van der Waals surface area contributed by atoms with Crippen LogP contribution in [0.4, 0.5) is 10.1 Å². The van der Waals surface area contributed by atoms with E-state index in [2.05, 4.69) is 26.1 Å². The van der Waals surface area contributed by atoms with Crippen LogP contribution in [0.1, 0.15) is 0 Å². The van der Waals surface area contributed by atoms with Crippen LogP contribution in [0.3, 0.4) is 0 Å². The van der Waals surface area contributed by atoms with E-state index >= 15 is 0 Å². The molecule has 0 fully saturated rings. The molecule has 0 aromatic heterocycles. The first-order chi connectivity index (χ1) is 8.61. The summed E-state index contributed by atoms with van der Waals surface area (Å²) >= 11 is 5.60. The molecule has 0 atom stereocenters. The minimum Gasteiger partial charge on any atom is -0.379 e. The number of hydrogen-bond donors (Lipinski definition) is 3. The van der Waals surface area contributed by atoms with Crippen LogP contribution in [0.15, 0.2) is 40.0 Å². The van der Waals surface area contributed by atoms with Gasteiger partial charge in [-0.2, -0.15) is 5.48 Å². The van der Waals surface area contributed by atoms with Crippen molar-refractivity contribution in [1.29, 1.82) is 0 Å². The van der Waals surface area contributed by atoms with Crippen molar-refractivity contribution >= 4 is 23.1 Å². The normalized spacial score (nSPS) is 16.4. The maximum atomic E-state index is 13.0. The Balaban J connectivity index is 2.29. The molecule has 9 heteroatoms. The Morgan fingerprint density at radius 2 is 2.39 bits per heavy atom. The van der Waals surface area contributed by atoms with Crippen molar-refractivity contribution in [2.45, 2.75) is 0 Å². The number of halogens is 2. The second-order valence-electron chi connectivity index (χ2n) is 3.24. The van der Waals surface area contributed by atoms with Crippen LogP contribution in [0, 0.1) is 10.7 Å². The molecule has 0 spiro atoms. The lowest BCUT2D eigenvalue weighted by atomic mass is 10.3. The summed E-state index contributed by atoms with van der Waals surface area (Å²) in [6.45, 7) is 0. The van der Waals surface area contributed by atoms with Gasteiger partial charge in [-0.15, -0.1) is 4.91 Å². The molecule has 1 aromatic rings. The zero-order valence-electron chi connectivity index (χ0n) is 8.78. The van der Waals surface area contributed by atoms with E-state index in [9.17, 15) is 9.30 Å². The Bertz CT molecular complexity index is 560. The molecular weight excluding hydrogens is 265 g/mol. The van der Waals surface area contributed by atoms with Crippen LogP contribution in [0.5, 0.6) is 0 Å². The monoisotopic (exact) mass is 271 g/mol. The van der Waals surface area contributed by atoms with Gasteiger partial charge in [0.25, 0.3) is 0 Å². The maximum Gasteiger partial charge on any atom is 0.205 e. The first kappa shape index (κ1) is 12.1. The number of hydroxylamine groups is 1. The lowest BCUT2D eigenvalue weighted by Crippen LogP contribution is -2.21. The Kier molecular flexibility index (Phi) is 3.28. The first-order valence-corrected chi connectivity index (χ1v) is 5.05. The summed E-state index contributed by atoms with van der Waals surface area (Å²) in [6.07, 6.45) is 0. The molecule has 18 heavy (non-hydrogen) atoms. The first-order valence-electron chi connectivity index (χ1n) is 4.67. The standard InChI is InChI=1S/C9H7ClFN5O2/c10-5-3-4(1-2-6(5)11)13-9(14-17)7-8(12)16-18-15-7/h1-3,13,15H,(H2,12,16). The molecule has 94 valence electrons. The molecule has 1 heterocycles. The number of hydrogen-bond acceptors (Lipinski definition) is 7. The van der Waals surface area contributed by atoms with Gasteiger partial charge >= 0.3 is 0 Å². The van der Waals surface area contributed by atoms with Crippen molar-refractivity contribution in [3.8, 4) is 0 Å². The van der Waals surface area contributed by atoms with E-state index in [0.717, 1.165) is 6.07 Å².